The van der Waals surface area contributed by atoms with Crippen LogP contribution in [0.25, 0.3) is 54.9 Å². The molecule has 47 heavy (non-hydrogen) atoms. The van der Waals surface area contributed by atoms with Gasteiger partial charge in [-0.15, -0.1) is 22.7 Å². The second kappa shape index (κ2) is 16.2. The van der Waals surface area contributed by atoms with E-state index >= 15 is 0 Å². The molecule has 0 atom stereocenters. The van der Waals surface area contributed by atoms with Crippen LogP contribution in [0, 0.1) is 0 Å². The van der Waals surface area contributed by atoms with Gasteiger partial charge in [0.1, 0.15) is 21.4 Å². The fourth-order valence-electron chi connectivity index (χ4n) is 3.95. The van der Waals surface area contributed by atoms with E-state index in [-0.39, 0.29) is 0 Å². The van der Waals surface area contributed by atoms with Gasteiger partial charge in [0, 0.05) is 77.4 Å². The fourth-order valence-corrected chi connectivity index (χ4v) is 5.70. The van der Waals surface area contributed by atoms with Gasteiger partial charge in [-0.2, -0.15) is 0 Å². The smallest absolute Gasteiger partial charge is 0.178 e. The standard InChI is InChI=1S/C17H11N5S.C12H8N4S.C5H4BrN/c1-5-13(16-19-8-3-9-20-16)22-14(6-1)17-21-11-15(23-17)12-4-2-7-18-10-12;1-3-9(11-13-5-2-6-14-11)16-10(4-1)12-15-7-8-17-12;6-5-2-1-3-7-4-5/h1-11H;1-8H;1-4H. The third-order valence-corrected chi connectivity index (χ3v) is 8.37. The van der Waals surface area contributed by atoms with E-state index in [9.17, 15) is 0 Å². The zero-order valence-corrected chi connectivity index (χ0v) is 27.7. The van der Waals surface area contributed by atoms with Crippen molar-refractivity contribution in [2.75, 3.05) is 0 Å². The van der Waals surface area contributed by atoms with Crippen molar-refractivity contribution in [2.24, 2.45) is 0 Å². The highest BCUT2D eigenvalue weighted by molar-refractivity contribution is 9.10. The van der Waals surface area contributed by atoms with Gasteiger partial charge in [-0.05, 0) is 70.5 Å². The first-order valence-electron chi connectivity index (χ1n) is 14.0. The SMILES string of the molecule is Brc1cccnc1.c1cnc(-c2cccc(-c3ncc(-c4cccnc4)s3)n2)nc1.c1cnc(-c2cccc(-c3nccs3)n2)nc1. The average Bonchev–Trinajstić information content (AvgIpc) is 3.88. The molecule has 0 saturated carbocycles. The minimum Gasteiger partial charge on any atom is -0.264 e. The van der Waals surface area contributed by atoms with Crippen LogP contribution in [0.5, 0.6) is 0 Å². The van der Waals surface area contributed by atoms with Gasteiger partial charge in [0.15, 0.2) is 11.6 Å². The Morgan fingerprint density at radius 2 is 1.06 bits per heavy atom. The van der Waals surface area contributed by atoms with Crippen LogP contribution in [0.15, 0.2) is 145 Å². The Balaban J connectivity index is 0.000000141. The van der Waals surface area contributed by atoms with E-state index in [0.29, 0.717) is 11.6 Å². The van der Waals surface area contributed by atoms with Crippen LogP contribution in [-0.4, -0.2) is 49.8 Å². The maximum absolute atomic E-state index is 4.63. The van der Waals surface area contributed by atoms with Gasteiger partial charge in [-0.3, -0.25) is 9.97 Å². The van der Waals surface area contributed by atoms with Crippen LogP contribution in [0.2, 0.25) is 0 Å². The van der Waals surface area contributed by atoms with Crippen LogP contribution < -0.4 is 0 Å². The highest BCUT2D eigenvalue weighted by atomic mass is 79.9. The minimum atomic E-state index is 0.610. The van der Waals surface area contributed by atoms with Crippen molar-refractivity contribution in [1.29, 1.82) is 0 Å². The molecule has 0 aliphatic rings. The van der Waals surface area contributed by atoms with Crippen LogP contribution in [0.4, 0.5) is 0 Å². The molecule has 8 rings (SSSR count). The summed E-state index contributed by atoms with van der Waals surface area (Å²) >= 11 is 6.40. The number of nitrogens with zero attached hydrogens (tertiary/aromatic N) is 10. The molecule has 0 bridgehead atoms. The van der Waals surface area contributed by atoms with Crippen molar-refractivity contribution < 1.29 is 0 Å². The molecule has 0 amide bonds. The third-order valence-electron chi connectivity index (χ3n) is 6.04. The predicted octanol–water partition coefficient (Wildman–Crippen LogP) is 8.23. The topological polar surface area (TPSA) is 129 Å². The van der Waals surface area contributed by atoms with Crippen LogP contribution in [0.1, 0.15) is 0 Å². The second-order valence-electron chi connectivity index (χ2n) is 9.24. The summed E-state index contributed by atoms with van der Waals surface area (Å²) in [5.41, 5.74) is 4.22. The molecule has 0 fully saturated rings. The highest BCUT2D eigenvalue weighted by Gasteiger charge is 2.10. The van der Waals surface area contributed by atoms with E-state index in [0.717, 1.165) is 47.7 Å². The summed E-state index contributed by atoms with van der Waals surface area (Å²) in [5, 5.41) is 3.70. The Kier molecular flexibility index (Phi) is 10.8. The molecule has 0 aliphatic heterocycles. The number of pyridine rings is 4. The predicted molar refractivity (Wildman–Crippen MR) is 188 cm³/mol. The molecule has 0 radical (unpaired) electrons. The molecule has 13 heteroatoms. The van der Waals surface area contributed by atoms with Crippen LogP contribution in [-0.2, 0) is 0 Å². The molecule has 8 heterocycles. The lowest BCUT2D eigenvalue weighted by molar-refractivity contribution is 1.14. The minimum absolute atomic E-state index is 0.610. The average molecular weight is 716 g/mol. The largest absolute Gasteiger partial charge is 0.264 e. The summed E-state index contributed by atoms with van der Waals surface area (Å²) < 4.78 is 1.02. The monoisotopic (exact) mass is 714 g/mol. The molecule has 228 valence electrons. The number of aromatic nitrogens is 10. The second-order valence-corrected chi connectivity index (χ2v) is 12.1. The molecule has 0 spiro atoms. The highest BCUT2D eigenvalue weighted by Crippen LogP contribution is 2.31. The maximum atomic E-state index is 4.63. The van der Waals surface area contributed by atoms with Crippen molar-refractivity contribution in [3.63, 3.8) is 0 Å². The van der Waals surface area contributed by atoms with E-state index < -0.39 is 0 Å². The molecular formula is C34H23BrN10S2. The van der Waals surface area contributed by atoms with Crippen molar-refractivity contribution in [3.05, 3.63) is 145 Å². The normalized spacial score (nSPS) is 10.2. The Morgan fingerprint density at radius 1 is 0.468 bits per heavy atom. The quantitative estimate of drug-likeness (QED) is 0.172. The van der Waals surface area contributed by atoms with Gasteiger partial charge < -0.3 is 0 Å². The summed E-state index contributed by atoms with van der Waals surface area (Å²) in [4.78, 5) is 43.7. The van der Waals surface area contributed by atoms with Crippen molar-refractivity contribution in [1.82, 2.24) is 49.8 Å². The first kappa shape index (κ1) is 31.5. The molecular weight excluding hydrogens is 692 g/mol. The summed E-state index contributed by atoms with van der Waals surface area (Å²) in [6.07, 6.45) is 17.5. The zero-order chi connectivity index (χ0) is 32.1. The van der Waals surface area contributed by atoms with E-state index in [1.54, 1.807) is 84.4 Å². The maximum Gasteiger partial charge on any atom is 0.178 e. The van der Waals surface area contributed by atoms with Gasteiger partial charge in [-0.1, -0.05) is 18.2 Å². The molecule has 0 saturated heterocycles. The summed E-state index contributed by atoms with van der Waals surface area (Å²) in [5.74, 6) is 1.24. The Morgan fingerprint density at radius 3 is 1.57 bits per heavy atom. The van der Waals surface area contributed by atoms with E-state index in [2.05, 4.69) is 65.8 Å². The Hall–Kier alpha value is -5.50. The molecule has 8 aromatic rings. The molecule has 0 unspecified atom stereocenters. The summed E-state index contributed by atoms with van der Waals surface area (Å²) in [7, 11) is 0. The first-order valence-corrected chi connectivity index (χ1v) is 16.5. The van der Waals surface area contributed by atoms with Gasteiger partial charge >= 0.3 is 0 Å². The number of hydrogen-bond acceptors (Lipinski definition) is 12. The number of rotatable bonds is 5. The first-order chi connectivity index (χ1) is 23.2. The van der Waals surface area contributed by atoms with Gasteiger partial charge in [-0.25, -0.2) is 39.9 Å². The van der Waals surface area contributed by atoms with Crippen molar-refractivity contribution in [3.8, 4) is 54.9 Å². The van der Waals surface area contributed by atoms with Crippen molar-refractivity contribution in [2.45, 2.75) is 0 Å². The molecule has 0 aliphatic carbocycles. The Labute approximate surface area is 286 Å². The van der Waals surface area contributed by atoms with Gasteiger partial charge in [0.25, 0.3) is 0 Å². The lowest BCUT2D eigenvalue weighted by Crippen LogP contribution is -1.91. The summed E-state index contributed by atoms with van der Waals surface area (Å²) in [6, 6.07) is 22.9. The van der Waals surface area contributed by atoms with Crippen LogP contribution in [0.3, 0.4) is 0 Å². The van der Waals surface area contributed by atoms with Crippen molar-refractivity contribution >= 4 is 38.6 Å². The number of hydrogen-bond donors (Lipinski definition) is 0. The third kappa shape index (κ3) is 8.82. The molecule has 8 aromatic heterocycles. The van der Waals surface area contributed by atoms with E-state index in [1.165, 1.54) is 0 Å². The molecule has 0 aromatic carbocycles. The van der Waals surface area contributed by atoms with Gasteiger partial charge in [0.05, 0.1) is 16.3 Å². The lowest BCUT2D eigenvalue weighted by Gasteiger charge is -2.00. The molecule has 0 N–H and O–H groups in total. The zero-order valence-electron chi connectivity index (χ0n) is 24.4. The number of halogens is 1. The van der Waals surface area contributed by atoms with E-state index in [1.807, 2.05) is 78.4 Å². The van der Waals surface area contributed by atoms with E-state index in [4.69, 9.17) is 0 Å². The lowest BCUT2D eigenvalue weighted by atomic mass is 10.2. The number of thiazole rings is 2. The van der Waals surface area contributed by atoms with Gasteiger partial charge in [0.2, 0.25) is 0 Å². The molecule has 10 nitrogen and oxygen atoms in total. The summed E-state index contributed by atoms with van der Waals surface area (Å²) in [6.45, 7) is 0. The van der Waals surface area contributed by atoms with Crippen LogP contribution >= 0.6 is 38.6 Å². The Bertz CT molecular complexity index is 2100. The fraction of sp³-hybridized carbons (Fsp3) is 0.